The first kappa shape index (κ1) is 23.5. The van der Waals surface area contributed by atoms with Gasteiger partial charge in [0.1, 0.15) is 11.3 Å². The van der Waals surface area contributed by atoms with Crippen molar-refractivity contribution in [2.24, 2.45) is 0 Å². The third kappa shape index (κ3) is 4.31. The van der Waals surface area contributed by atoms with Gasteiger partial charge in [-0.05, 0) is 31.0 Å². The number of nitrogens with one attached hydrogen (secondary N) is 1. The molecule has 4 aromatic rings. The average molecular weight is 503 g/mol. The van der Waals surface area contributed by atoms with Gasteiger partial charge in [0.25, 0.3) is 5.91 Å². The second-order valence-corrected chi connectivity index (χ2v) is 9.87. The Labute approximate surface area is 213 Å². The minimum absolute atomic E-state index is 0.0501. The first-order valence-electron chi connectivity index (χ1n) is 12.8. The first-order valence-corrected chi connectivity index (χ1v) is 12.8. The molecule has 10 heteroatoms. The molecule has 1 aromatic carbocycles. The van der Waals surface area contributed by atoms with Crippen LogP contribution in [-0.4, -0.2) is 65.7 Å². The fraction of sp³-hybridized carbons (Fsp3) is 0.407. The number of rotatable bonds is 5. The molecule has 1 saturated carbocycles. The van der Waals surface area contributed by atoms with Crippen molar-refractivity contribution < 1.29 is 13.9 Å². The molecule has 2 fully saturated rings. The van der Waals surface area contributed by atoms with E-state index in [0.29, 0.717) is 60.5 Å². The molecule has 1 saturated heterocycles. The Morgan fingerprint density at radius 3 is 2.68 bits per heavy atom. The van der Waals surface area contributed by atoms with Crippen LogP contribution in [0.2, 0.25) is 0 Å². The van der Waals surface area contributed by atoms with Crippen LogP contribution in [0.4, 0.5) is 17.5 Å². The zero-order chi connectivity index (χ0) is 25.5. The smallest absolute Gasteiger partial charge is 0.270 e. The Hall–Kier alpha value is -3.92. The predicted molar refractivity (Wildman–Crippen MR) is 142 cm³/mol. The molecule has 2 aliphatic rings. The van der Waals surface area contributed by atoms with Crippen molar-refractivity contribution >= 4 is 45.4 Å². The molecule has 6 rings (SSSR count). The van der Waals surface area contributed by atoms with Crippen LogP contribution in [0, 0.1) is 0 Å². The third-order valence-corrected chi connectivity index (χ3v) is 7.20. The maximum atomic E-state index is 13.0. The molecule has 1 N–H and O–H groups in total. The second-order valence-electron chi connectivity index (χ2n) is 9.87. The zero-order valence-electron chi connectivity index (χ0n) is 21.1. The van der Waals surface area contributed by atoms with Gasteiger partial charge in [-0.1, -0.05) is 18.9 Å². The summed E-state index contributed by atoms with van der Waals surface area (Å²) in [5.74, 6) is 0.847. The number of hydrogen-bond donors (Lipinski definition) is 1. The largest absolute Gasteiger partial charge is 0.438 e. The Kier molecular flexibility index (Phi) is 6.03. The quantitative estimate of drug-likeness (QED) is 0.438. The fourth-order valence-corrected chi connectivity index (χ4v) is 5.32. The number of ether oxygens (including phenoxy) is 1. The van der Waals surface area contributed by atoms with Gasteiger partial charge < -0.3 is 28.8 Å². The second kappa shape index (κ2) is 9.51. The Bertz CT molecular complexity index is 1530. The average Bonchev–Trinajstić information content (AvgIpc) is 3.56. The number of anilines is 3. The Morgan fingerprint density at radius 2 is 1.92 bits per heavy atom. The van der Waals surface area contributed by atoms with Gasteiger partial charge in [0, 0.05) is 50.9 Å². The lowest BCUT2D eigenvalue weighted by Gasteiger charge is -2.27. The predicted octanol–water partition coefficient (Wildman–Crippen LogP) is 3.93. The minimum atomic E-state index is -0.107. The molecule has 4 heterocycles. The van der Waals surface area contributed by atoms with Gasteiger partial charge in [-0.15, -0.1) is 0 Å². The lowest BCUT2D eigenvalue weighted by molar-refractivity contribution is 0.0815. The number of carbonyl (C=O) groups is 1. The maximum absolute atomic E-state index is 13.0. The number of carbonyl (C=O) groups excluding carboxylic acids is 1. The number of morpholine rings is 1. The van der Waals surface area contributed by atoms with E-state index in [1.807, 2.05) is 23.1 Å². The number of fused-ring (bicyclic) bond motifs is 2. The molecule has 10 nitrogen and oxygen atoms in total. The Morgan fingerprint density at radius 1 is 1.14 bits per heavy atom. The van der Waals surface area contributed by atoms with E-state index in [-0.39, 0.29) is 17.4 Å². The van der Waals surface area contributed by atoms with Crippen molar-refractivity contribution in [1.82, 2.24) is 19.4 Å². The highest BCUT2D eigenvalue weighted by Crippen LogP contribution is 2.35. The van der Waals surface area contributed by atoms with Crippen molar-refractivity contribution in [3.8, 4) is 0 Å². The minimum Gasteiger partial charge on any atom is -0.438 e. The van der Waals surface area contributed by atoms with Gasteiger partial charge in [0.2, 0.25) is 5.95 Å². The van der Waals surface area contributed by atoms with E-state index in [1.165, 1.54) is 6.07 Å². The van der Waals surface area contributed by atoms with E-state index in [0.717, 1.165) is 36.7 Å². The van der Waals surface area contributed by atoms with Crippen LogP contribution >= 0.6 is 0 Å². The number of para-hydroxylation sites is 1. The number of nitrogens with zero attached hydrogens (tertiary/aromatic N) is 5. The van der Waals surface area contributed by atoms with Crippen molar-refractivity contribution in [1.29, 1.82) is 0 Å². The van der Waals surface area contributed by atoms with Gasteiger partial charge in [-0.2, -0.15) is 4.98 Å². The third-order valence-electron chi connectivity index (χ3n) is 7.20. The molecule has 0 radical (unpaired) electrons. The van der Waals surface area contributed by atoms with Gasteiger partial charge in [-0.3, -0.25) is 9.59 Å². The molecule has 37 heavy (non-hydrogen) atoms. The summed E-state index contributed by atoms with van der Waals surface area (Å²) < 4.78 is 13.8. The maximum Gasteiger partial charge on any atom is 0.270 e. The summed E-state index contributed by atoms with van der Waals surface area (Å²) in [5, 5.41) is 4.57. The molecule has 1 amide bonds. The van der Waals surface area contributed by atoms with Gasteiger partial charge in [0.05, 0.1) is 24.3 Å². The summed E-state index contributed by atoms with van der Waals surface area (Å²) in [7, 11) is 3.52. The van der Waals surface area contributed by atoms with E-state index in [4.69, 9.17) is 14.1 Å². The highest BCUT2D eigenvalue weighted by Gasteiger charge is 2.26. The van der Waals surface area contributed by atoms with Gasteiger partial charge >= 0.3 is 0 Å². The van der Waals surface area contributed by atoms with Crippen LogP contribution in [0.1, 0.15) is 42.2 Å². The van der Waals surface area contributed by atoms with Gasteiger partial charge in [-0.25, -0.2) is 4.98 Å². The van der Waals surface area contributed by atoms with E-state index < -0.39 is 0 Å². The SMILES string of the molecule is CN(C)C(=O)c1cc2cnc(Nc3cccc4c(=O)cc(N5CCOCC5)oc34)nc2n1C1CCCC1. The molecular weight excluding hydrogens is 472 g/mol. The summed E-state index contributed by atoms with van der Waals surface area (Å²) in [6.07, 6.45) is 6.04. The van der Waals surface area contributed by atoms with Gasteiger partial charge in [0.15, 0.2) is 16.9 Å². The molecule has 3 aromatic heterocycles. The van der Waals surface area contributed by atoms with Crippen molar-refractivity contribution in [2.45, 2.75) is 31.7 Å². The number of hydrogen-bond acceptors (Lipinski definition) is 8. The number of aromatic nitrogens is 3. The highest BCUT2D eigenvalue weighted by atomic mass is 16.5. The summed E-state index contributed by atoms with van der Waals surface area (Å²) in [6.45, 7) is 2.51. The van der Waals surface area contributed by atoms with Crippen LogP contribution in [-0.2, 0) is 4.74 Å². The molecular formula is C27H30N6O4. The van der Waals surface area contributed by atoms with E-state index in [1.54, 1.807) is 31.3 Å². The van der Waals surface area contributed by atoms with Crippen molar-refractivity contribution in [3.05, 3.63) is 52.4 Å². The lowest BCUT2D eigenvalue weighted by Crippen LogP contribution is -2.36. The number of benzene rings is 1. The van der Waals surface area contributed by atoms with Crippen LogP contribution in [0.25, 0.3) is 22.0 Å². The van der Waals surface area contributed by atoms with Crippen LogP contribution in [0.3, 0.4) is 0 Å². The standard InChI is InChI=1S/C27H30N6O4/c1-31(2)26(35)21-14-17-16-28-27(30-25(17)33(21)18-6-3-4-7-18)29-20-9-5-8-19-22(34)15-23(37-24(19)20)32-10-12-36-13-11-32/h5,8-9,14-16,18H,3-4,6-7,10-13H2,1-2H3,(H,28,29,30). The van der Waals surface area contributed by atoms with Crippen molar-refractivity contribution in [2.75, 3.05) is 50.6 Å². The molecule has 0 spiro atoms. The lowest BCUT2D eigenvalue weighted by atomic mass is 10.2. The molecule has 0 atom stereocenters. The fourth-order valence-electron chi connectivity index (χ4n) is 5.32. The topological polar surface area (TPSA) is 106 Å². The Balaban J connectivity index is 1.42. The van der Waals surface area contributed by atoms with E-state index in [9.17, 15) is 9.59 Å². The van der Waals surface area contributed by atoms with E-state index in [2.05, 4.69) is 14.9 Å². The summed E-state index contributed by atoms with van der Waals surface area (Å²) in [4.78, 5) is 38.9. The highest BCUT2D eigenvalue weighted by molar-refractivity contribution is 5.98. The normalized spacial score (nSPS) is 16.5. The van der Waals surface area contributed by atoms with Crippen molar-refractivity contribution in [3.63, 3.8) is 0 Å². The monoisotopic (exact) mass is 502 g/mol. The number of amides is 1. The summed E-state index contributed by atoms with van der Waals surface area (Å²) in [5.41, 5.74) is 2.31. The van der Waals surface area contributed by atoms with Crippen LogP contribution < -0.4 is 15.6 Å². The molecule has 192 valence electrons. The van der Waals surface area contributed by atoms with Crippen LogP contribution in [0.15, 0.2) is 45.7 Å². The molecule has 0 bridgehead atoms. The van der Waals surface area contributed by atoms with E-state index >= 15 is 0 Å². The molecule has 1 aliphatic heterocycles. The molecule has 1 aliphatic carbocycles. The first-order chi connectivity index (χ1) is 18.0. The molecule has 0 unspecified atom stereocenters. The zero-order valence-corrected chi connectivity index (χ0v) is 21.1. The summed E-state index contributed by atoms with van der Waals surface area (Å²) in [6, 6.07) is 9.06. The van der Waals surface area contributed by atoms with Crippen LogP contribution in [0.5, 0.6) is 0 Å². The summed E-state index contributed by atoms with van der Waals surface area (Å²) >= 11 is 0.